The lowest BCUT2D eigenvalue weighted by atomic mass is 10.2. The third-order valence-corrected chi connectivity index (χ3v) is 2.99. The predicted octanol–water partition coefficient (Wildman–Crippen LogP) is 2.66. The van der Waals surface area contributed by atoms with E-state index in [-0.39, 0.29) is 18.8 Å². The van der Waals surface area contributed by atoms with Crippen LogP contribution in [0.3, 0.4) is 0 Å². The maximum Gasteiger partial charge on any atom is 0.347 e. The van der Waals surface area contributed by atoms with Crippen molar-refractivity contribution in [3.05, 3.63) is 48.3 Å². The minimum Gasteiger partial charge on any atom is -0.462 e. The average molecular weight is 314 g/mol. The molecule has 0 aliphatic heterocycles. The maximum atomic E-state index is 11.8. The van der Waals surface area contributed by atoms with E-state index in [9.17, 15) is 9.59 Å². The van der Waals surface area contributed by atoms with E-state index >= 15 is 0 Å². The molecule has 2 aromatic rings. The molecule has 0 aliphatic rings. The Kier molecular flexibility index (Phi) is 5.68. The van der Waals surface area contributed by atoms with Gasteiger partial charge in [0.1, 0.15) is 5.82 Å². The lowest BCUT2D eigenvalue weighted by molar-refractivity contribution is -0.146. The Bertz CT molecular complexity index is 720. The van der Waals surface area contributed by atoms with E-state index in [2.05, 4.69) is 10.3 Å². The highest BCUT2D eigenvalue weighted by Gasteiger charge is 2.20. The van der Waals surface area contributed by atoms with Crippen LogP contribution >= 0.6 is 0 Å². The van der Waals surface area contributed by atoms with Crippen LogP contribution in [-0.2, 0) is 19.1 Å². The zero-order chi connectivity index (χ0) is 16.7. The molecule has 0 spiro atoms. The molecule has 0 atom stereocenters. The Labute approximate surface area is 134 Å². The van der Waals surface area contributed by atoms with Crippen molar-refractivity contribution in [1.29, 1.82) is 0 Å². The zero-order valence-electron chi connectivity index (χ0n) is 13.0. The first-order valence-corrected chi connectivity index (χ1v) is 7.31. The Balaban J connectivity index is 2.23. The number of carbonyl (C=O) groups is 2. The molecule has 0 bridgehead atoms. The second-order valence-corrected chi connectivity index (χ2v) is 4.56. The van der Waals surface area contributed by atoms with Gasteiger partial charge in [0.25, 0.3) is 0 Å². The van der Waals surface area contributed by atoms with Crippen molar-refractivity contribution in [2.75, 3.05) is 18.5 Å². The van der Waals surface area contributed by atoms with Crippen LogP contribution in [0.25, 0.3) is 10.8 Å². The molecule has 6 heteroatoms. The number of fused-ring (bicyclic) bond motifs is 1. The quantitative estimate of drug-likeness (QED) is 0.382. The lowest BCUT2D eigenvalue weighted by Gasteiger charge is -2.07. The molecule has 23 heavy (non-hydrogen) atoms. The van der Waals surface area contributed by atoms with E-state index in [1.165, 1.54) is 6.20 Å². The second kappa shape index (κ2) is 7.93. The van der Waals surface area contributed by atoms with E-state index < -0.39 is 11.9 Å². The first-order valence-electron chi connectivity index (χ1n) is 7.31. The molecular weight excluding hydrogens is 296 g/mol. The van der Waals surface area contributed by atoms with Crippen LogP contribution in [0.1, 0.15) is 13.8 Å². The van der Waals surface area contributed by atoms with Gasteiger partial charge in [0.2, 0.25) is 0 Å². The number of carbonyl (C=O) groups excluding carboxylic acids is 2. The van der Waals surface area contributed by atoms with E-state index in [0.29, 0.717) is 5.82 Å². The Morgan fingerprint density at radius 1 is 1.09 bits per heavy atom. The molecule has 1 aromatic carbocycles. The molecule has 0 aliphatic carbocycles. The Hall–Kier alpha value is -2.89. The van der Waals surface area contributed by atoms with E-state index in [0.717, 1.165) is 10.8 Å². The summed E-state index contributed by atoms with van der Waals surface area (Å²) in [6.45, 7) is 3.67. The molecule has 0 unspecified atom stereocenters. The number of ether oxygens (including phenoxy) is 2. The standard InChI is InChI=1S/C17H18N2O4/c1-3-22-16(20)14(17(21)23-4-2)11-19-15-9-12-7-5-6-8-13(12)10-18-15/h5-11H,3-4H2,1-2H3,(H,18,19). The maximum absolute atomic E-state index is 11.8. The number of pyridine rings is 1. The Morgan fingerprint density at radius 3 is 2.30 bits per heavy atom. The highest BCUT2D eigenvalue weighted by atomic mass is 16.6. The molecule has 0 amide bonds. The highest BCUT2D eigenvalue weighted by Crippen LogP contribution is 2.16. The topological polar surface area (TPSA) is 77.5 Å². The van der Waals surface area contributed by atoms with Gasteiger partial charge < -0.3 is 14.8 Å². The van der Waals surface area contributed by atoms with Crippen molar-refractivity contribution < 1.29 is 19.1 Å². The fraction of sp³-hybridized carbons (Fsp3) is 0.235. The van der Waals surface area contributed by atoms with Gasteiger partial charge >= 0.3 is 11.9 Å². The van der Waals surface area contributed by atoms with Crippen molar-refractivity contribution in [3.63, 3.8) is 0 Å². The van der Waals surface area contributed by atoms with Gasteiger partial charge in [-0.05, 0) is 25.3 Å². The molecule has 1 aromatic heterocycles. The van der Waals surface area contributed by atoms with Gasteiger partial charge in [-0.1, -0.05) is 24.3 Å². The normalized spacial score (nSPS) is 10.0. The first-order chi connectivity index (χ1) is 11.2. The van der Waals surface area contributed by atoms with Gasteiger partial charge in [-0.2, -0.15) is 0 Å². The summed E-state index contributed by atoms with van der Waals surface area (Å²) in [4.78, 5) is 27.9. The number of benzene rings is 1. The number of anilines is 1. The third kappa shape index (κ3) is 4.29. The van der Waals surface area contributed by atoms with Crippen molar-refractivity contribution in [2.24, 2.45) is 0 Å². The summed E-state index contributed by atoms with van der Waals surface area (Å²) >= 11 is 0. The van der Waals surface area contributed by atoms with Crippen LogP contribution in [-0.4, -0.2) is 30.1 Å². The van der Waals surface area contributed by atoms with Gasteiger partial charge in [-0.3, -0.25) is 0 Å². The number of hydrogen-bond acceptors (Lipinski definition) is 6. The van der Waals surface area contributed by atoms with Crippen molar-refractivity contribution >= 4 is 28.5 Å². The molecule has 0 saturated carbocycles. The Morgan fingerprint density at radius 2 is 1.70 bits per heavy atom. The molecule has 6 nitrogen and oxygen atoms in total. The van der Waals surface area contributed by atoms with Gasteiger partial charge in [-0.15, -0.1) is 0 Å². The SMILES string of the molecule is CCOC(=O)C(=CNc1cc2ccccc2cn1)C(=O)OCC. The van der Waals surface area contributed by atoms with Crippen LogP contribution in [0, 0.1) is 0 Å². The van der Waals surface area contributed by atoms with Gasteiger partial charge in [-0.25, -0.2) is 14.6 Å². The fourth-order valence-electron chi connectivity index (χ4n) is 1.93. The first kappa shape index (κ1) is 16.5. The van der Waals surface area contributed by atoms with E-state index in [4.69, 9.17) is 9.47 Å². The predicted molar refractivity (Wildman–Crippen MR) is 86.7 cm³/mol. The summed E-state index contributed by atoms with van der Waals surface area (Å²) in [5, 5.41) is 4.83. The molecule has 0 radical (unpaired) electrons. The molecule has 0 fully saturated rings. The van der Waals surface area contributed by atoms with Crippen molar-refractivity contribution in [1.82, 2.24) is 4.98 Å². The van der Waals surface area contributed by atoms with Gasteiger partial charge in [0, 0.05) is 17.8 Å². The van der Waals surface area contributed by atoms with E-state index in [1.807, 2.05) is 30.3 Å². The molecule has 0 saturated heterocycles. The van der Waals surface area contributed by atoms with Crippen molar-refractivity contribution in [2.45, 2.75) is 13.8 Å². The summed E-state index contributed by atoms with van der Waals surface area (Å²) in [6, 6.07) is 9.56. The number of nitrogens with zero attached hydrogens (tertiary/aromatic N) is 1. The van der Waals surface area contributed by atoms with Crippen LogP contribution in [0.15, 0.2) is 48.3 Å². The summed E-state index contributed by atoms with van der Waals surface area (Å²) in [6.07, 6.45) is 2.97. The average Bonchev–Trinajstić information content (AvgIpc) is 2.55. The molecular formula is C17H18N2O4. The summed E-state index contributed by atoms with van der Waals surface area (Å²) in [5.74, 6) is -0.965. The van der Waals surface area contributed by atoms with Crippen molar-refractivity contribution in [3.8, 4) is 0 Å². The largest absolute Gasteiger partial charge is 0.462 e. The number of rotatable bonds is 6. The van der Waals surface area contributed by atoms with E-state index in [1.54, 1.807) is 20.0 Å². The minimum atomic E-state index is -0.737. The molecule has 120 valence electrons. The summed E-state index contributed by atoms with van der Waals surface area (Å²) in [7, 11) is 0. The number of esters is 2. The smallest absolute Gasteiger partial charge is 0.347 e. The summed E-state index contributed by atoms with van der Waals surface area (Å²) in [5.41, 5.74) is -0.205. The fourth-order valence-corrected chi connectivity index (χ4v) is 1.93. The van der Waals surface area contributed by atoms with Crippen LogP contribution in [0.4, 0.5) is 5.82 Å². The van der Waals surface area contributed by atoms with Gasteiger partial charge in [0.05, 0.1) is 13.2 Å². The third-order valence-electron chi connectivity index (χ3n) is 2.99. The minimum absolute atomic E-state index is 0.170. The lowest BCUT2D eigenvalue weighted by Crippen LogP contribution is -2.19. The number of hydrogen-bond donors (Lipinski definition) is 1. The summed E-state index contributed by atoms with van der Waals surface area (Å²) < 4.78 is 9.72. The molecule has 1 heterocycles. The zero-order valence-corrected chi connectivity index (χ0v) is 13.0. The van der Waals surface area contributed by atoms with Crippen LogP contribution in [0.5, 0.6) is 0 Å². The molecule has 2 rings (SSSR count). The number of nitrogens with one attached hydrogen (secondary N) is 1. The number of aromatic nitrogens is 1. The monoisotopic (exact) mass is 314 g/mol. The highest BCUT2D eigenvalue weighted by molar-refractivity contribution is 6.14. The second-order valence-electron chi connectivity index (χ2n) is 4.56. The van der Waals surface area contributed by atoms with Crippen LogP contribution in [0.2, 0.25) is 0 Å². The molecule has 1 N–H and O–H groups in total. The van der Waals surface area contributed by atoms with Crippen LogP contribution < -0.4 is 5.32 Å². The van der Waals surface area contributed by atoms with Gasteiger partial charge in [0.15, 0.2) is 5.57 Å².